The number of ether oxygens (including phenoxy) is 1. The van der Waals surface area contributed by atoms with Gasteiger partial charge in [-0.3, -0.25) is 9.59 Å². The number of hydrogen-bond donors (Lipinski definition) is 1. The van der Waals surface area contributed by atoms with Crippen LogP contribution in [0.4, 0.5) is 4.79 Å². The number of nitrogens with zero attached hydrogens (tertiary/aromatic N) is 1. The lowest BCUT2D eigenvalue weighted by Crippen LogP contribution is -2.40. The summed E-state index contributed by atoms with van der Waals surface area (Å²) < 4.78 is 4.78. The molecule has 146 valence electrons. The number of benzene rings is 2. The van der Waals surface area contributed by atoms with Gasteiger partial charge in [-0.05, 0) is 34.7 Å². The number of cyclic esters (lactones) is 1. The maximum Gasteiger partial charge on any atom is 0.417 e. The van der Waals surface area contributed by atoms with E-state index in [9.17, 15) is 14.4 Å². The van der Waals surface area contributed by atoms with Gasteiger partial charge in [0.1, 0.15) is 0 Å². The summed E-state index contributed by atoms with van der Waals surface area (Å²) in [6, 6.07) is 20.0. The van der Waals surface area contributed by atoms with Crippen molar-refractivity contribution in [3.05, 3.63) is 83.2 Å². The predicted octanol–water partition coefficient (Wildman–Crippen LogP) is 3.87. The van der Waals surface area contributed by atoms with Crippen molar-refractivity contribution in [3.63, 3.8) is 0 Å². The van der Waals surface area contributed by atoms with E-state index in [-0.39, 0.29) is 19.1 Å². The van der Waals surface area contributed by atoms with Gasteiger partial charge in [-0.2, -0.15) is 0 Å². The molecular formula is C22H18N2O4S. The highest BCUT2D eigenvalue weighted by molar-refractivity contribution is 7.13. The Kier molecular flexibility index (Phi) is 5.39. The van der Waals surface area contributed by atoms with E-state index in [0.29, 0.717) is 5.56 Å². The van der Waals surface area contributed by atoms with Crippen LogP contribution in [0.2, 0.25) is 0 Å². The zero-order valence-corrected chi connectivity index (χ0v) is 16.2. The van der Waals surface area contributed by atoms with Crippen molar-refractivity contribution >= 4 is 29.2 Å². The van der Waals surface area contributed by atoms with Crippen LogP contribution >= 0.6 is 11.3 Å². The van der Waals surface area contributed by atoms with E-state index in [2.05, 4.69) is 5.32 Å². The first-order valence-electron chi connectivity index (χ1n) is 9.08. The van der Waals surface area contributed by atoms with Gasteiger partial charge in [-0.25, -0.2) is 9.69 Å². The summed E-state index contributed by atoms with van der Waals surface area (Å²) >= 11 is 1.63. The SMILES string of the molecule is O=C(NC(CN1C(=O)COC1=O)c1ccccc1)c1ccc(-c2cccs2)cc1. The Morgan fingerprint density at radius 3 is 2.41 bits per heavy atom. The van der Waals surface area contributed by atoms with Crippen molar-refractivity contribution in [2.45, 2.75) is 6.04 Å². The minimum Gasteiger partial charge on any atom is -0.439 e. The fourth-order valence-electron chi connectivity index (χ4n) is 3.13. The minimum atomic E-state index is -0.689. The first-order valence-corrected chi connectivity index (χ1v) is 9.96. The molecule has 1 N–H and O–H groups in total. The maximum atomic E-state index is 12.8. The van der Waals surface area contributed by atoms with Gasteiger partial charge in [0, 0.05) is 10.4 Å². The first-order chi connectivity index (χ1) is 14.1. The summed E-state index contributed by atoms with van der Waals surface area (Å²) in [7, 11) is 0. The molecule has 7 heteroatoms. The molecule has 6 nitrogen and oxygen atoms in total. The molecule has 1 aromatic heterocycles. The van der Waals surface area contributed by atoms with Crippen molar-refractivity contribution in [1.82, 2.24) is 10.2 Å². The number of thiophene rings is 1. The van der Waals surface area contributed by atoms with Crippen LogP contribution < -0.4 is 5.32 Å². The normalized spacial score (nSPS) is 14.6. The predicted molar refractivity (Wildman–Crippen MR) is 109 cm³/mol. The van der Waals surface area contributed by atoms with Crippen LogP contribution in [0.3, 0.4) is 0 Å². The highest BCUT2D eigenvalue weighted by atomic mass is 32.1. The Hall–Kier alpha value is -3.45. The summed E-state index contributed by atoms with van der Waals surface area (Å²) in [6.45, 7) is -0.251. The van der Waals surface area contributed by atoms with Crippen molar-refractivity contribution in [2.24, 2.45) is 0 Å². The molecule has 0 saturated carbocycles. The van der Waals surface area contributed by atoms with Gasteiger partial charge >= 0.3 is 6.09 Å². The Morgan fingerprint density at radius 2 is 1.79 bits per heavy atom. The molecule has 1 unspecified atom stereocenters. The molecule has 0 spiro atoms. The van der Waals surface area contributed by atoms with Gasteiger partial charge in [0.25, 0.3) is 11.8 Å². The number of carbonyl (C=O) groups is 3. The number of imide groups is 1. The zero-order chi connectivity index (χ0) is 20.2. The van der Waals surface area contributed by atoms with E-state index < -0.39 is 18.0 Å². The van der Waals surface area contributed by atoms with Crippen LogP contribution in [0.5, 0.6) is 0 Å². The number of rotatable bonds is 6. The Bertz CT molecular complexity index is 1000. The minimum absolute atomic E-state index is 0.0146. The molecule has 2 heterocycles. The molecule has 3 amide bonds. The summed E-state index contributed by atoms with van der Waals surface area (Å²) in [6.07, 6.45) is -0.689. The number of hydrogen-bond acceptors (Lipinski definition) is 5. The number of nitrogens with one attached hydrogen (secondary N) is 1. The van der Waals surface area contributed by atoms with Gasteiger partial charge in [0.2, 0.25) is 0 Å². The molecule has 0 aliphatic carbocycles. The number of amides is 3. The van der Waals surface area contributed by atoms with Crippen LogP contribution in [-0.4, -0.2) is 36.0 Å². The van der Waals surface area contributed by atoms with Crippen LogP contribution in [-0.2, 0) is 9.53 Å². The van der Waals surface area contributed by atoms with E-state index in [4.69, 9.17) is 4.74 Å². The van der Waals surface area contributed by atoms with Gasteiger partial charge in [0.15, 0.2) is 6.61 Å². The lowest BCUT2D eigenvalue weighted by atomic mass is 10.0. The highest BCUT2D eigenvalue weighted by Crippen LogP contribution is 2.25. The highest BCUT2D eigenvalue weighted by Gasteiger charge is 2.33. The molecule has 1 fully saturated rings. The van der Waals surface area contributed by atoms with Crippen LogP contribution in [0.1, 0.15) is 22.0 Å². The monoisotopic (exact) mass is 406 g/mol. The molecule has 1 atom stereocenters. The fourth-order valence-corrected chi connectivity index (χ4v) is 3.86. The molecular weight excluding hydrogens is 388 g/mol. The van der Waals surface area contributed by atoms with E-state index in [0.717, 1.165) is 20.9 Å². The van der Waals surface area contributed by atoms with Crippen LogP contribution in [0, 0.1) is 0 Å². The molecule has 4 rings (SSSR count). The standard InChI is InChI=1S/C22H18N2O4S/c25-20-14-28-22(27)24(20)13-18(15-5-2-1-3-6-15)23-21(26)17-10-8-16(9-11-17)19-7-4-12-29-19/h1-12,18H,13-14H2,(H,23,26). The largest absolute Gasteiger partial charge is 0.439 e. The molecule has 29 heavy (non-hydrogen) atoms. The second-order valence-corrected chi connectivity index (χ2v) is 7.50. The van der Waals surface area contributed by atoms with Gasteiger partial charge in [-0.1, -0.05) is 48.5 Å². The fraction of sp³-hybridized carbons (Fsp3) is 0.136. The molecule has 1 aliphatic rings. The van der Waals surface area contributed by atoms with Crippen molar-refractivity contribution in [2.75, 3.05) is 13.2 Å². The Labute approximate surface area is 171 Å². The smallest absolute Gasteiger partial charge is 0.417 e. The van der Waals surface area contributed by atoms with Crippen molar-refractivity contribution in [3.8, 4) is 10.4 Å². The van der Waals surface area contributed by atoms with Crippen molar-refractivity contribution in [1.29, 1.82) is 0 Å². The average Bonchev–Trinajstić information content (AvgIpc) is 3.40. The molecule has 0 radical (unpaired) electrons. The molecule has 3 aromatic rings. The summed E-state index contributed by atoms with van der Waals surface area (Å²) in [5.74, 6) is -0.693. The Morgan fingerprint density at radius 1 is 1.03 bits per heavy atom. The van der Waals surface area contributed by atoms with Crippen molar-refractivity contribution < 1.29 is 19.1 Å². The van der Waals surface area contributed by atoms with E-state index in [1.165, 1.54) is 0 Å². The van der Waals surface area contributed by atoms with Gasteiger partial charge < -0.3 is 10.1 Å². The second-order valence-electron chi connectivity index (χ2n) is 6.55. The third kappa shape index (κ3) is 4.20. The van der Waals surface area contributed by atoms with E-state index in [1.807, 2.05) is 60.0 Å². The first kappa shape index (κ1) is 18.9. The van der Waals surface area contributed by atoms with E-state index in [1.54, 1.807) is 23.5 Å². The lowest BCUT2D eigenvalue weighted by Gasteiger charge is -2.23. The molecule has 1 aliphatic heterocycles. The number of carbonyl (C=O) groups excluding carboxylic acids is 3. The summed E-state index contributed by atoms with van der Waals surface area (Å²) in [5.41, 5.74) is 2.34. The third-order valence-electron chi connectivity index (χ3n) is 4.67. The molecule has 1 saturated heterocycles. The Balaban J connectivity index is 1.53. The molecule has 2 aromatic carbocycles. The quantitative estimate of drug-likeness (QED) is 0.674. The summed E-state index contributed by atoms with van der Waals surface area (Å²) in [5, 5.41) is 4.94. The average molecular weight is 406 g/mol. The van der Waals surface area contributed by atoms with Crippen LogP contribution in [0.25, 0.3) is 10.4 Å². The van der Waals surface area contributed by atoms with Gasteiger partial charge in [0.05, 0.1) is 12.6 Å². The summed E-state index contributed by atoms with van der Waals surface area (Å²) in [4.78, 5) is 38.7. The van der Waals surface area contributed by atoms with Gasteiger partial charge in [-0.15, -0.1) is 11.3 Å². The second kappa shape index (κ2) is 8.28. The molecule has 0 bridgehead atoms. The topological polar surface area (TPSA) is 75.7 Å². The lowest BCUT2D eigenvalue weighted by molar-refractivity contribution is -0.126. The van der Waals surface area contributed by atoms with E-state index >= 15 is 0 Å². The van der Waals surface area contributed by atoms with Crippen LogP contribution in [0.15, 0.2) is 72.1 Å². The zero-order valence-electron chi connectivity index (χ0n) is 15.4. The third-order valence-corrected chi connectivity index (χ3v) is 5.58. The maximum absolute atomic E-state index is 12.8.